The van der Waals surface area contributed by atoms with E-state index in [9.17, 15) is 0 Å². The Balaban J connectivity index is 1.25. The first-order chi connectivity index (χ1) is 26.3. The van der Waals surface area contributed by atoms with Crippen LogP contribution in [0.1, 0.15) is 0 Å². The molecule has 2 aromatic heterocycles. The number of nitrogens with zero attached hydrogens (tertiary/aromatic N) is 2. The summed E-state index contributed by atoms with van der Waals surface area (Å²) in [4.78, 5) is 2.40. The first-order valence-electron chi connectivity index (χ1n) is 18.1. The van der Waals surface area contributed by atoms with Crippen LogP contribution in [-0.4, -0.2) is 4.57 Å². The van der Waals surface area contributed by atoms with Crippen LogP contribution in [0.25, 0.3) is 80.3 Å². The van der Waals surface area contributed by atoms with Crippen molar-refractivity contribution in [3.05, 3.63) is 194 Å². The van der Waals surface area contributed by atoms with Gasteiger partial charge in [-0.3, -0.25) is 0 Å². The molecule has 2 heterocycles. The number of rotatable bonds is 5. The van der Waals surface area contributed by atoms with Crippen LogP contribution in [0, 0.1) is 0 Å². The van der Waals surface area contributed by atoms with Gasteiger partial charge in [-0.25, -0.2) is 0 Å². The fraction of sp³-hybridized carbons (Fsp3) is 0. The van der Waals surface area contributed by atoms with Crippen molar-refractivity contribution in [1.29, 1.82) is 0 Å². The monoisotopic (exact) mass is 692 g/mol. The van der Waals surface area contributed by atoms with Gasteiger partial charge >= 0.3 is 0 Å². The van der Waals surface area contributed by atoms with Crippen LogP contribution in [0.3, 0.4) is 0 Å². The molecule has 0 radical (unpaired) electrons. The zero-order chi connectivity index (χ0) is 34.9. The van der Waals surface area contributed by atoms with Crippen LogP contribution in [0.15, 0.2) is 194 Å². The molecule has 0 aliphatic heterocycles. The Morgan fingerprint density at radius 1 is 0.377 bits per heavy atom. The lowest BCUT2D eigenvalue weighted by Gasteiger charge is -2.26. The molecule has 9 aromatic carbocycles. The van der Waals surface area contributed by atoms with Crippen molar-refractivity contribution in [3.8, 4) is 16.8 Å². The second-order valence-corrected chi connectivity index (χ2v) is 14.8. The third-order valence-electron chi connectivity index (χ3n) is 10.7. The average Bonchev–Trinajstić information content (AvgIpc) is 3.77. The quantitative estimate of drug-likeness (QED) is 0.174. The van der Waals surface area contributed by atoms with Gasteiger partial charge in [0.25, 0.3) is 0 Å². The van der Waals surface area contributed by atoms with Crippen molar-refractivity contribution in [3.63, 3.8) is 0 Å². The molecule has 11 rings (SSSR count). The van der Waals surface area contributed by atoms with E-state index in [0.717, 1.165) is 22.7 Å². The Morgan fingerprint density at radius 2 is 1.02 bits per heavy atom. The lowest BCUT2D eigenvalue weighted by Crippen LogP contribution is -2.09. The number of benzene rings is 9. The van der Waals surface area contributed by atoms with Gasteiger partial charge in [-0.05, 0) is 94.0 Å². The number of fused-ring (bicyclic) bond motifs is 9. The fourth-order valence-electron chi connectivity index (χ4n) is 8.40. The molecule has 0 amide bonds. The summed E-state index contributed by atoms with van der Waals surface area (Å²) >= 11 is 1.86. The Bertz CT molecular complexity index is 3170. The molecule has 0 unspecified atom stereocenters. The van der Waals surface area contributed by atoms with Crippen molar-refractivity contribution in [2.24, 2.45) is 0 Å². The minimum absolute atomic E-state index is 1.11. The zero-order valence-corrected chi connectivity index (χ0v) is 29.6. The Hall–Kier alpha value is -6.68. The summed E-state index contributed by atoms with van der Waals surface area (Å²) in [6.45, 7) is 0. The summed E-state index contributed by atoms with van der Waals surface area (Å²) in [5.41, 5.74) is 9.40. The first kappa shape index (κ1) is 30.0. The predicted octanol–water partition coefficient (Wildman–Crippen LogP) is 14.6. The maximum atomic E-state index is 2.49. The lowest BCUT2D eigenvalue weighted by atomic mass is 9.92. The molecule has 0 saturated carbocycles. The normalized spacial score (nSPS) is 11.8. The van der Waals surface area contributed by atoms with E-state index in [4.69, 9.17) is 0 Å². The molecule has 0 atom stereocenters. The standard InChI is InChI=1S/C50H32N2S/c1-3-17-35(18-4-1)51(37-27-29-48-44(31-37)42-23-11-12-25-47(42)53-48)38-26-28-43-46(32-38)52(36-19-5-2-6-20-36)50-40-22-10-8-15-34(40)30-45(49(43)50)41-24-13-16-33-14-7-9-21-39(33)41/h1-32H. The summed E-state index contributed by atoms with van der Waals surface area (Å²) in [6, 6.07) is 71.0. The van der Waals surface area contributed by atoms with Crippen LogP contribution in [-0.2, 0) is 0 Å². The van der Waals surface area contributed by atoms with E-state index in [1.165, 1.54) is 74.6 Å². The van der Waals surface area contributed by atoms with E-state index in [2.05, 4.69) is 204 Å². The van der Waals surface area contributed by atoms with Gasteiger partial charge < -0.3 is 9.47 Å². The SMILES string of the molecule is c1ccc(N(c2ccc3sc4ccccc4c3c2)c2ccc3c4c(-c5cccc6ccccc56)cc5ccccc5c4n(-c4ccccc4)c3c2)cc1. The summed E-state index contributed by atoms with van der Waals surface area (Å²) in [7, 11) is 0. The molecule has 0 fully saturated rings. The van der Waals surface area contributed by atoms with Crippen LogP contribution >= 0.6 is 11.3 Å². The number of hydrogen-bond acceptors (Lipinski definition) is 2. The smallest absolute Gasteiger partial charge is 0.0625 e. The van der Waals surface area contributed by atoms with Gasteiger partial charge in [0.1, 0.15) is 0 Å². The first-order valence-corrected chi connectivity index (χ1v) is 18.9. The predicted molar refractivity (Wildman–Crippen MR) is 229 cm³/mol. The van der Waals surface area contributed by atoms with Gasteiger partial charge in [0.2, 0.25) is 0 Å². The van der Waals surface area contributed by atoms with E-state index in [0.29, 0.717) is 0 Å². The average molecular weight is 693 g/mol. The second kappa shape index (κ2) is 11.9. The van der Waals surface area contributed by atoms with Crippen LogP contribution < -0.4 is 4.90 Å². The van der Waals surface area contributed by atoms with E-state index in [1.54, 1.807) is 0 Å². The highest BCUT2D eigenvalue weighted by Gasteiger charge is 2.22. The molecule has 0 spiro atoms. The topological polar surface area (TPSA) is 8.17 Å². The molecule has 0 aliphatic rings. The summed E-state index contributed by atoms with van der Waals surface area (Å²) in [5, 5.41) is 10.1. The summed E-state index contributed by atoms with van der Waals surface area (Å²) < 4.78 is 5.11. The number of anilines is 3. The molecule has 2 nitrogen and oxygen atoms in total. The molecule has 0 aliphatic carbocycles. The Labute approximate surface area is 311 Å². The van der Waals surface area contributed by atoms with Gasteiger partial charge in [-0.15, -0.1) is 11.3 Å². The molecular weight excluding hydrogens is 661 g/mol. The van der Waals surface area contributed by atoms with Gasteiger partial charge in [-0.1, -0.05) is 127 Å². The summed E-state index contributed by atoms with van der Waals surface area (Å²) in [6.07, 6.45) is 0. The number of thiophene rings is 1. The van der Waals surface area contributed by atoms with Crippen LogP contribution in [0.4, 0.5) is 17.1 Å². The van der Waals surface area contributed by atoms with Gasteiger partial charge in [-0.2, -0.15) is 0 Å². The van der Waals surface area contributed by atoms with Gasteiger partial charge in [0.05, 0.1) is 11.0 Å². The zero-order valence-electron chi connectivity index (χ0n) is 28.8. The summed E-state index contributed by atoms with van der Waals surface area (Å²) in [5.74, 6) is 0. The highest BCUT2D eigenvalue weighted by atomic mass is 32.1. The largest absolute Gasteiger partial charge is 0.310 e. The molecule has 248 valence electrons. The highest BCUT2D eigenvalue weighted by Crippen LogP contribution is 2.47. The second-order valence-electron chi connectivity index (χ2n) is 13.7. The van der Waals surface area contributed by atoms with Crippen molar-refractivity contribution < 1.29 is 0 Å². The van der Waals surface area contributed by atoms with E-state index in [-0.39, 0.29) is 0 Å². The van der Waals surface area contributed by atoms with Gasteiger partial charge in [0, 0.05) is 59.1 Å². The molecule has 53 heavy (non-hydrogen) atoms. The maximum Gasteiger partial charge on any atom is 0.0625 e. The number of hydrogen-bond donors (Lipinski definition) is 0. The van der Waals surface area contributed by atoms with Crippen molar-refractivity contribution >= 4 is 91.9 Å². The lowest BCUT2D eigenvalue weighted by molar-refractivity contribution is 1.18. The van der Waals surface area contributed by atoms with Crippen LogP contribution in [0.2, 0.25) is 0 Å². The molecular formula is C50H32N2S. The molecule has 11 aromatic rings. The molecule has 0 saturated heterocycles. The third-order valence-corrected chi connectivity index (χ3v) is 11.9. The molecule has 0 bridgehead atoms. The van der Waals surface area contributed by atoms with Crippen molar-refractivity contribution in [1.82, 2.24) is 4.57 Å². The van der Waals surface area contributed by atoms with E-state index in [1.807, 2.05) is 11.3 Å². The van der Waals surface area contributed by atoms with Crippen molar-refractivity contribution in [2.75, 3.05) is 4.90 Å². The maximum absolute atomic E-state index is 2.49. The Morgan fingerprint density at radius 3 is 1.87 bits per heavy atom. The van der Waals surface area contributed by atoms with E-state index >= 15 is 0 Å². The van der Waals surface area contributed by atoms with E-state index < -0.39 is 0 Å². The Kier molecular flexibility index (Phi) is 6.76. The molecule has 0 N–H and O–H groups in total. The van der Waals surface area contributed by atoms with Crippen LogP contribution in [0.5, 0.6) is 0 Å². The fourth-order valence-corrected chi connectivity index (χ4v) is 9.49. The number of aromatic nitrogens is 1. The van der Waals surface area contributed by atoms with Gasteiger partial charge in [0.15, 0.2) is 0 Å². The highest BCUT2D eigenvalue weighted by molar-refractivity contribution is 7.25. The minimum atomic E-state index is 1.11. The molecule has 3 heteroatoms. The minimum Gasteiger partial charge on any atom is -0.310 e. The number of para-hydroxylation sites is 2. The third kappa shape index (κ3) is 4.71. The van der Waals surface area contributed by atoms with Crippen molar-refractivity contribution in [2.45, 2.75) is 0 Å².